The second-order valence-corrected chi connectivity index (χ2v) is 6.54. The van der Waals surface area contributed by atoms with Crippen LogP contribution >= 0.6 is 0 Å². The highest BCUT2D eigenvalue weighted by atomic mass is 19.1. The van der Waals surface area contributed by atoms with Crippen LogP contribution < -0.4 is 24.3 Å². The van der Waals surface area contributed by atoms with Crippen molar-refractivity contribution in [2.45, 2.75) is 6.54 Å². The summed E-state index contributed by atoms with van der Waals surface area (Å²) in [5.41, 5.74) is 1.34. The normalized spacial score (nSPS) is 10.6. The number of nitrogens with zero attached hydrogens (tertiary/aromatic N) is 1. The van der Waals surface area contributed by atoms with Gasteiger partial charge in [0.05, 0.1) is 21.3 Å². The molecule has 0 bridgehead atoms. The van der Waals surface area contributed by atoms with E-state index < -0.39 is 5.82 Å². The van der Waals surface area contributed by atoms with E-state index in [-0.39, 0.29) is 18.3 Å². The lowest BCUT2D eigenvalue weighted by atomic mass is 10.1. The fraction of sp³-hybridized carbons (Fsp3) is 0.167. The van der Waals surface area contributed by atoms with E-state index >= 15 is 0 Å². The Balaban J connectivity index is 1.67. The van der Waals surface area contributed by atoms with Gasteiger partial charge in [0, 0.05) is 30.4 Å². The van der Waals surface area contributed by atoms with Gasteiger partial charge in [-0.2, -0.15) is 0 Å². The van der Waals surface area contributed by atoms with Crippen LogP contribution in [-0.4, -0.2) is 32.2 Å². The summed E-state index contributed by atoms with van der Waals surface area (Å²) in [6.45, 7) is 0.177. The third-order valence-electron chi connectivity index (χ3n) is 4.43. The molecule has 1 heterocycles. The topological polar surface area (TPSA) is 78.9 Å². The molecule has 2 aromatic carbocycles. The lowest BCUT2D eigenvalue weighted by molar-refractivity contribution is -0.116. The molecule has 0 radical (unpaired) electrons. The van der Waals surface area contributed by atoms with Crippen molar-refractivity contribution in [2.75, 3.05) is 21.3 Å². The van der Waals surface area contributed by atoms with Crippen LogP contribution in [0.4, 0.5) is 4.39 Å². The molecule has 0 fully saturated rings. The van der Waals surface area contributed by atoms with Crippen molar-refractivity contribution in [1.29, 1.82) is 0 Å². The molecule has 32 heavy (non-hydrogen) atoms. The lowest BCUT2D eigenvalue weighted by Gasteiger charge is -2.12. The average molecular weight is 438 g/mol. The summed E-state index contributed by atoms with van der Waals surface area (Å²) in [7, 11) is 4.57. The summed E-state index contributed by atoms with van der Waals surface area (Å²) < 4.78 is 35.0. The molecule has 8 heteroatoms. The molecule has 3 rings (SSSR count). The largest absolute Gasteiger partial charge is 0.493 e. The highest BCUT2D eigenvalue weighted by Gasteiger charge is 2.12. The number of aromatic nitrogens is 1. The minimum Gasteiger partial charge on any atom is -0.493 e. The van der Waals surface area contributed by atoms with E-state index in [1.807, 2.05) is 0 Å². The zero-order chi connectivity index (χ0) is 22.9. The Labute approximate surface area is 185 Å². The molecular weight excluding hydrogens is 415 g/mol. The summed E-state index contributed by atoms with van der Waals surface area (Å²) >= 11 is 0. The Morgan fingerprint density at radius 2 is 1.78 bits per heavy atom. The van der Waals surface area contributed by atoms with Gasteiger partial charge in [0.1, 0.15) is 11.6 Å². The Morgan fingerprint density at radius 1 is 1.03 bits per heavy atom. The van der Waals surface area contributed by atoms with E-state index in [4.69, 9.17) is 18.9 Å². The van der Waals surface area contributed by atoms with Gasteiger partial charge in [0.25, 0.3) is 0 Å². The van der Waals surface area contributed by atoms with Gasteiger partial charge in [-0.05, 0) is 42.0 Å². The standard InChI is InChI=1S/C24H23FN2O5/c1-29-20-12-16(13-21(30-2)23(20)31-3)9-10-22(28)27-15-17-6-5-11-26-24(17)32-19-8-4-7-18(25)14-19/h4-14H,15H2,1-3H3,(H,27,28)/b10-9+. The molecule has 0 spiro atoms. The Bertz CT molecular complexity index is 1090. The monoisotopic (exact) mass is 438 g/mol. The van der Waals surface area contributed by atoms with E-state index in [1.54, 1.807) is 48.7 Å². The summed E-state index contributed by atoms with van der Waals surface area (Å²) in [5, 5.41) is 2.78. The molecule has 1 N–H and O–H groups in total. The fourth-order valence-corrected chi connectivity index (χ4v) is 2.90. The maximum absolute atomic E-state index is 13.4. The van der Waals surface area contributed by atoms with Crippen molar-refractivity contribution in [2.24, 2.45) is 0 Å². The van der Waals surface area contributed by atoms with Gasteiger partial charge < -0.3 is 24.3 Å². The van der Waals surface area contributed by atoms with Gasteiger partial charge in [-0.1, -0.05) is 12.1 Å². The molecule has 1 aromatic heterocycles. The number of methoxy groups -OCH3 is 3. The molecule has 0 atom stereocenters. The Morgan fingerprint density at radius 3 is 2.44 bits per heavy atom. The minimum absolute atomic E-state index is 0.177. The molecule has 7 nitrogen and oxygen atoms in total. The molecule has 0 aliphatic rings. The minimum atomic E-state index is -0.412. The van der Waals surface area contributed by atoms with E-state index in [0.717, 1.165) is 0 Å². The van der Waals surface area contributed by atoms with E-state index in [9.17, 15) is 9.18 Å². The number of benzene rings is 2. The second-order valence-electron chi connectivity index (χ2n) is 6.54. The first kappa shape index (κ1) is 22.6. The lowest BCUT2D eigenvalue weighted by Crippen LogP contribution is -2.20. The molecule has 0 unspecified atom stereocenters. The van der Waals surface area contributed by atoms with Gasteiger partial charge >= 0.3 is 0 Å². The summed E-state index contributed by atoms with van der Waals surface area (Å²) in [4.78, 5) is 16.5. The summed E-state index contributed by atoms with van der Waals surface area (Å²) in [6, 6.07) is 12.7. The van der Waals surface area contributed by atoms with Gasteiger partial charge in [0.2, 0.25) is 17.5 Å². The van der Waals surface area contributed by atoms with Crippen LogP contribution in [0.2, 0.25) is 0 Å². The van der Waals surface area contributed by atoms with Gasteiger partial charge in [-0.25, -0.2) is 9.37 Å². The van der Waals surface area contributed by atoms with Crippen molar-refractivity contribution in [3.8, 4) is 28.9 Å². The zero-order valence-electron chi connectivity index (χ0n) is 17.9. The molecule has 0 aliphatic carbocycles. The summed E-state index contributed by atoms with van der Waals surface area (Å²) in [6.07, 6.45) is 4.58. The third-order valence-corrected chi connectivity index (χ3v) is 4.43. The maximum Gasteiger partial charge on any atom is 0.244 e. The van der Waals surface area contributed by atoms with Crippen LogP contribution in [0.15, 0.2) is 60.8 Å². The van der Waals surface area contributed by atoms with Crippen molar-refractivity contribution in [1.82, 2.24) is 10.3 Å². The number of hydrogen-bond donors (Lipinski definition) is 1. The first-order valence-electron chi connectivity index (χ1n) is 9.67. The number of rotatable bonds is 9. The predicted molar refractivity (Wildman–Crippen MR) is 118 cm³/mol. The van der Waals surface area contributed by atoms with E-state index in [0.29, 0.717) is 34.1 Å². The molecule has 0 saturated heterocycles. The predicted octanol–water partition coefficient (Wildman–Crippen LogP) is 4.37. The second kappa shape index (κ2) is 10.8. The number of hydrogen-bond acceptors (Lipinski definition) is 6. The Hall–Kier alpha value is -4.07. The van der Waals surface area contributed by atoms with Crippen molar-refractivity contribution < 1.29 is 28.1 Å². The molecule has 3 aromatic rings. The van der Waals surface area contributed by atoms with Gasteiger partial charge in [-0.3, -0.25) is 4.79 Å². The van der Waals surface area contributed by atoms with Gasteiger partial charge in [-0.15, -0.1) is 0 Å². The van der Waals surface area contributed by atoms with Crippen LogP contribution in [0.3, 0.4) is 0 Å². The highest BCUT2D eigenvalue weighted by Crippen LogP contribution is 2.38. The van der Waals surface area contributed by atoms with Crippen molar-refractivity contribution in [3.63, 3.8) is 0 Å². The number of nitrogens with one attached hydrogen (secondary N) is 1. The number of halogens is 1. The van der Waals surface area contributed by atoms with Crippen molar-refractivity contribution >= 4 is 12.0 Å². The summed E-state index contributed by atoms with van der Waals surface area (Å²) in [5.74, 6) is 1.32. The van der Waals surface area contributed by atoms with Crippen LogP contribution in [-0.2, 0) is 11.3 Å². The van der Waals surface area contributed by atoms with Crippen LogP contribution in [0.5, 0.6) is 28.9 Å². The number of ether oxygens (including phenoxy) is 4. The van der Waals surface area contributed by atoms with Crippen LogP contribution in [0.1, 0.15) is 11.1 Å². The quantitative estimate of drug-likeness (QED) is 0.500. The molecule has 166 valence electrons. The van der Waals surface area contributed by atoms with Crippen LogP contribution in [0, 0.1) is 5.82 Å². The van der Waals surface area contributed by atoms with Crippen molar-refractivity contribution in [3.05, 3.63) is 77.7 Å². The third kappa shape index (κ3) is 5.75. The molecular formula is C24H23FN2O5. The molecule has 0 aliphatic heterocycles. The van der Waals surface area contributed by atoms with E-state index in [1.165, 1.54) is 39.5 Å². The first-order valence-corrected chi connectivity index (χ1v) is 9.67. The fourth-order valence-electron chi connectivity index (χ4n) is 2.90. The molecule has 1 amide bonds. The molecule has 0 saturated carbocycles. The average Bonchev–Trinajstić information content (AvgIpc) is 2.81. The number of carbonyl (C=O) groups excluding carboxylic acids is 1. The zero-order valence-corrected chi connectivity index (χ0v) is 17.9. The maximum atomic E-state index is 13.4. The number of amides is 1. The van der Waals surface area contributed by atoms with Crippen LogP contribution in [0.25, 0.3) is 6.08 Å². The number of carbonyl (C=O) groups is 1. The van der Waals surface area contributed by atoms with E-state index in [2.05, 4.69) is 10.3 Å². The smallest absolute Gasteiger partial charge is 0.244 e. The SMILES string of the molecule is COc1cc(/C=C/C(=O)NCc2cccnc2Oc2cccc(F)c2)cc(OC)c1OC. The highest BCUT2D eigenvalue weighted by molar-refractivity contribution is 5.91. The first-order chi connectivity index (χ1) is 15.5. The number of pyridine rings is 1. The Kier molecular flexibility index (Phi) is 7.64. The van der Waals surface area contributed by atoms with Gasteiger partial charge in [0.15, 0.2) is 11.5 Å².